The third-order valence-corrected chi connectivity index (χ3v) is 2.63. The summed E-state index contributed by atoms with van der Waals surface area (Å²) in [6.45, 7) is 0. The van der Waals surface area contributed by atoms with Crippen molar-refractivity contribution in [2.75, 3.05) is 0 Å². The summed E-state index contributed by atoms with van der Waals surface area (Å²) in [6.07, 6.45) is 0. The average molecular weight is 177 g/mol. The van der Waals surface area contributed by atoms with E-state index >= 15 is 0 Å². The lowest BCUT2D eigenvalue weighted by atomic mass is 10.2. The van der Waals surface area contributed by atoms with Gasteiger partial charge in [-0.2, -0.15) is 5.26 Å². The highest BCUT2D eigenvalue weighted by Gasteiger charge is 2.06. The van der Waals surface area contributed by atoms with Gasteiger partial charge in [0.25, 0.3) is 0 Å². The van der Waals surface area contributed by atoms with Crippen LogP contribution in [0.3, 0.4) is 0 Å². The topological polar surface area (TPSA) is 23.8 Å². The Morgan fingerprint density at radius 2 is 2.17 bits per heavy atom. The van der Waals surface area contributed by atoms with Crippen molar-refractivity contribution in [3.05, 3.63) is 35.0 Å². The highest BCUT2D eigenvalue weighted by molar-refractivity contribution is 7.17. The molecule has 0 N–H and O–H groups in total. The third-order valence-electron chi connectivity index (χ3n) is 1.68. The van der Waals surface area contributed by atoms with Gasteiger partial charge in [-0.25, -0.2) is 4.39 Å². The maximum atomic E-state index is 13.0. The molecule has 1 aromatic carbocycles. The quantitative estimate of drug-likeness (QED) is 0.607. The summed E-state index contributed by atoms with van der Waals surface area (Å²) in [7, 11) is 0. The van der Waals surface area contributed by atoms with Crippen LogP contribution in [-0.4, -0.2) is 0 Å². The van der Waals surface area contributed by atoms with E-state index in [2.05, 4.69) is 0 Å². The Morgan fingerprint density at radius 1 is 1.33 bits per heavy atom. The van der Waals surface area contributed by atoms with E-state index in [9.17, 15) is 4.39 Å². The van der Waals surface area contributed by atoms with Crippen LogP contribution in [0.15, 0.2) is 23.6 Å². The predicted molar refractivity (Wildman–Crippen MR) is 46.5 cm³/mol. The number of hydrogen-bond acceptors (Lipinski definition) is 2. The molecule has 0 atom stereocenters. The molecule has 0 aliphatic rings. The Kier molecular flexibility index (Phi) is 1.56. The van der Waals surface area contributed by atoms with E-state index < -0.39 is 5.82 Å². The second-order valence-electron chi connectivity index (χ2n) is 2.37. The molecule has 0 fully saturated rings. The van der Waals surface area contributed by atoms with Gasteiger partial charge in [0.1, 0.15) is 17.4 Å². The fourth-order valence-corrected chi connectivity index (χ4v) is 2.00. The van der Waals surface area contributed by atoms with Crippen molar-refractivity contribution >= 4 is 21.4 Å². The maximum Gasteiger partial charge on any atom is 0.142 e. The van der Waals surface area contributed by atoms with Crippen LogP contribution in [0.4, 0.5) is 4.39 Å². The molecule has 1 heterocycles. The van der Waals surface area contributed by atoms with E-state index in [-0.39, 0.29) is 5.56 Å². The monoisotopic (exact) mass is 177 g/mol. The molecular weight excluding hydrogens is 173 g/mol. The van der Waals surface area contributed by atoms with Crippen LogP contribution >= 0.6 is 11.3 Å². The van der Waals surface area contributed by atoms with Crippen LogP contribution in [0.2, 0.25) is 0 Å². The first-order valence-electron chi connectivity index (χ1n) is 3.39. The van der Waals surface area contributed by atoms with E-state index in [0.717, 1.165) is 10.1 Å². The lowest BCUT2D eigenvalue weighted by Crippen LogP contribution is -1.81. The minimum atomic E-state index is -0.438. The number of hydrogen-bond donors (Lipinski definition) is 0. The summed E-state index contributed by atoms with van der Waals surface area (Å²) >= 11 is 1.39. The summed E-state index contributed by atoms with van der Waals surface area (Å²) in [5, 5.41) is 11.4. The number of nitriles is 1. The normalized spacial score (nSPS) is 10.0. The van der Waals surface area contributed by atoms with Crippen molar-refractivity contribution in [1.29, 1.82) is 5.26 Å². The first-order chi connectivity index (χ1) is 5.83. The van der Waals surface area contributed by atoms with Gasteiger partial charge in [-0.15, -0.1) is 11.3 Å². The summed E-state index contributed by atoms with van der Waals surface area (Å²) in [4.78, 5) is 0. The molecule has 0 aliphatic heterocycles. The lowest BCUT2D eigenvalue weighted by Gasteiger charge is -1.93. The zero-order valence-corrected chi connectivity index (χ0v) is 6.86. The Morgan fingerprint density at radius 3 is 2.92 bits per heavy atom. The number of halogens is 1. The van der Waals surface area contributed by atoms with Crippen molar-refractivity contribution in [1.82, 2.24) is 0 Å². The van der Waals surface area contributed by atoms with E-state index in [1.165, 1.54) is 17.4 Å². The van der Waals surface area contributed by atoms with Gasteiger partial charge in [-0.05, 0) is 22.9 Å². The number of fused-ring (bicyclic) bond motifs is 1. The maximum absolute atomic E-state index is 13.0. The van der Waals surface area contributed by atoms with Crippen LogP contribution in [0.1, 0.15) is 5.56 Å². The molecule has 58 valence electrons. The Hall–Kier alpha value is -1.40. The largest absolute Gasteiger partial charge is 0.205 e. The molecule has 0 saturated carbocycles. The van der Waals surface area contributed by atoms with Crippen LogP contribution in [-0.2, 0) is 0 Å². The number of benzene rings is 1. The van der Waals surface area contributed by atoms with Crippen molar-refractivity contribution in [2.24, 2.45) is 0 Å². The summed E-state index contributed by atoms with van der Waals surface area (Å²) in [5.74, 6) is -0.438. The SMILES string of the molecule is N#Cc1c(F)ccc2ccsc12. The molecule has 0 saturated heterocycles. The van der Waals surface area contributed by atoms with Gasteiger partial charge in [0.15, 0.2) is 0 Å². The molecule has 2 rings (SSSR count). The lowest BCUT2D eigenvalue weighted by molar-refractivity contribution is 0.626. The Labute approximate surface area is 72.7 Å². The van der Waals surface area contributed by atoms with Crippen molar-refractivity contribution in [3.8, 4) is 6.07 Å². The fraction of sp³-hybridized carbons (Fsp3) is 0. The molecule has 1 nitrogen and oxygen atoms in total. The highest BCUT2D eigenvalue weighted by Crippen LogP contribution is 2.25. The summed E-state index contributed by atoms with van der Waals surface area (Å²) < 4.78 is 13.7. The van der Waals surface area contributed by atoms with Crippen LogP contribution < -0.4 is 0 Å². The second-order valence-corrected chi connectivity index (χ2v) is 3.29. The fourth-order valence-electron chi connectivity index (χ4n) is 1.11. The van der Waals surface area contributed by atoms with Crippen molar-refractivity contribution in [2.45, 2.75) is 0 Å². The van der Waals surface area contributed by atoms with Gasteiger partial charge in [0.2, 0.25) is 0 Å². The van der Waals surface area contributed by atoms with Gasteiger partial charge in [-0.1, -0.05) is 6.07 Å². The third kappa shape index (κ3) is 0.892. The van der Waals surface area contributed by atoms with Crippen LogP contribution in [0.25, 0.3) is 10.1 Å². The van der Waals surface area contributed by atoms with Gasteiger partial charge >= 0.3 is 0 Å². The Bertz CT molecular complexity index is 467. The zero-order chi connectivity index (χ0) is 8.55. The summed E-state index contributed by atoms with van der Waals surface area (Å²) in [5.41, 5.74) is 0.155. The van der Waals surface area contributed by atoms with Crippen molar-refractivity contribution < 1.29 is 4.39 Å². The van der Waals surface area contributed by atoms with E-state index in [4.69, 9.17) is 5.26 Å². The molecule has 0 unspecified atom stereocenters. The molecule has 0 spiro atoms. The zero-order valence-electron chi connectivity index (χ0n) is 6.04. The minimum Gasteiger partial charge on any atom is -0.205 e. The van der Waals surface area contributed by atoms with Gasteiger partial charge < -0.3 is 0 Å². The molecular formula is C9H4FNS. The Balaban J connectivity index is 2.94. The molecule has 0 amide bonds. The number of rotatable bonds is 0. The first kappa shape index (κ1) is 7.26. The minimum absolute atomic E-state index is 0.155. The molecule has 0 aliphatic carbocycles. The van der Waals surface area contributed by atoms with E-state index in [0.29, 0.717) is 0 Å². The van der Waals surface area contributed by atoms with E-state index in [1.54, 1.807) is 6.07 Å². The summed E-state index contributed by atoms with van der Waals surface area (Å²) in [6, 6.07) is 6.74. The molecule has 2 aromatic rings. The standard InChI is InChI=1S/C9H4FNS/c10-8-2-1-6-3-4-12-9(6)7(8)5-11/h1-4H. The van der Waals surface area contributed by atoms with Gasteiger partial charge in [-0.3, -0.25) is 0 Å². The van der Waals surface area contributed by atoms with Crippen LogP contribution in [0.5, 0.6) is 0 Å². The van der Waals surface area contributed by atoms with E-state index in [1.807, 2.05) is 17.5 Å². The first-order valence-corrected chi connectivity index (χ1v) is 4.26. The average Bonchev–Trinajstić information content (AvgIpc) is 2.52. The number of nitrogens with zero attached hydrogens (tertiary/aromatic N) is 1. The molecule has 0 bridgehead atoms. The van der Waals surface area contributed by atoms with Crippen molar-refractivity contribution in [3.63, 3.8) is 0 Å². The van der Waals surface area contributed by atoms with Gasteiger partial charge in [0.05, 0.1) is 4.70 Å². The van der Waals surface area contributed by atoms with Crippen LogP contribution in [0, 0.1) is 17.1 Å². The smallest absolute Gasteiger partial charge is 0.142 e. The number of thiophene rings is 1. The molecule has 1 aromatic heterocycles. The second kappa shape index (κ2) is 2.58. The molecule has 0 radical (unpaired) electrons. The molecule has 3 heteroatoms. The molecule has 12 heavy (non-hydrogen) atoms. The van der Waals surface area contributed by atoms with Gasteiger partial charge in [0, 0.05) is 0 Å². The highest BCUT2D eigenvalue weighted by atomic mass is 32.1. The predicted octanol–water partition coefficient (Wildman–Crippen LogP) is 2.91.